The first-order valence-electron chi connectivity index (χ1n) is 3.06. The molecular weight excluding hydrogens is 81.7 g/mol. The van der Waals surface area contributed by atoms with Crippen LogP contribution in [0, 0.1) is 0 Å². The Balaban J connectivity index is 3.15. The monoisotopic (exact) mass is 96.1 g/mol. The molecule has 0 saturated carbocycles. The quantitative estimate of drug-likeness (QED) is 0.427. The third-order valence-corrected chi connectivity index (χ3v) is 1.000. The molecule has 0 unspecified atom stereocenters. The summed E-state index contributed by atoms with van der Waals surface area (Å²) in [5.74, 6) is 0. The van der Waals surface area contributed by atoms with E-state index in [2.05, 4.69) is 27.6 Å². The Hall–Kier alpha value is 0.130. The van der Waals surface area contributed by atoms with Crippen LogP contribution in [0.5, 0.6) is 0 Å². The van der Waals surface area contributed by atoms with Gasteiger partial charge in [0.15, 0.2) is 0 Å². The second-order valence-electron chi connectivity index (χ2n) is 3.31. The number of hydrogen-bond donors (Lipinski definition) is 0. The average Bonchev–Trinajstić information content (AvgIpc) is 1.30. The van der Waals surface area contributed by atoms with E-state index >= 15 is 0 Å². The topological polar surface area (TPSA) is 0 Å². The lowest BCUT2D eigenvalue weighted by molar-refractivity contribution is 0.762. The first-order valence-corrected chi connectivity index (χ1v) is 3.06. The molecule has 0 aliphatic rings. The summed E-state index contributed by atoms with van der Waals surface area (Å²) in [5, 5.41) is 0.550. The molecule has 0 aliphatic heterocycles. The average molecular weight is 95.8 g/mol. The fourth-order valence-corrected chi connectivity index (χ4v) is 0.750. The van der Waals surface area contributed by atoms with Crippen LogP contribution in [-0.2, 0) is 0 Å². The molecule has 2 heteroatoms. The molecule has 0 heterocycles. The van der Waals surface area contributed by atoms with Crippen molar-refractivity contribution in [2.45, 2.75) is 32.9 Å². The fourth-order valence-electron chi connectivity index (χ4n) is 0.750. The summed E-state index contributed by atoms with van der Waals surface area (Å²) in [7, 11) is 2.65. The second kappa shape index (κ2) is 2.44. The summed E-state index contributed by atoms with van der Waals surface area (Å²) in [5.41, 5.74) is 0. The molecule has 0 atom stereocenters. The van der Waals surface area contributed by atoms with E-state index in [0.29, 0.717) is 5.31 Å². The Bertz CT molecular complexity index is 44.5. The van der Waals surface area contributed by atoms with E-state index in [1.165, 1.54) is 14.3 Å². The summed E-state index contributed by atoms with van der Waals surface area (Å²) >= 11 is 0. The van der Waals surface area contributed by atoms with Gasteiger partial charge in [0.2, 0.25) is 0 Å². The van der Waals surface area contributed by atoms with Crippen molar-refractivity contribution >= 4 is 14.3 Å². The molecule has 0 nitrogen and oxygen atoms in total. The Morgan fingerprint density at radius 2 is 1.57 bits per heavy atom. The lowest BCUT2D eigenvalue weighted by Crippen LogP contribution is -2.12. The molecule has 0 N–H and O–H groups in total. The predicted molar refractivity (Wildman–Crippen MR) is 39.9 cm³/mol. The highest BCUT2D eigenvalue weighted by molar-refractivity contribution is 7.01. The molecule has 0 saturated heterocycles. The standard InChI is InChI=1S/C5H14B2/c1-5(2,3)7-6-4/h6-7H,1-4H3. The minimum Gasteiger partial charge on any atom is -0.0958 e. The van der Waals surface area contributed by atoms with E-state index in [1.54, 1.807) is 0 Å². The van der Waals surface area contributed by atoms with E-state index in [4.69, 9.17) is 0 Å². The van der Waals surface area contributed by atoms with Crippen molar-refractivity contribution in [2.24, 2.45) is 0 Å². The van der Waals surface area contributed by atoms with Gasteiger partial charge in [0.05, 0.1) is 14.3 Å². The molecule has 0 aliphatic carbocycles. The predicted octanol–water partition coefficient (Wildman–Crippen LogP) is 1.04. The van der Waals surface area contributed by atoms with Gasteiger partial charge >= 0.3 is 0 Å². The second-order valence-corrected chi connectivity index (χ2v) is 3.31. The first kappa shape index (κ1) is 7.13. The van der Waals surface area contributed by atoms with Gasteiger partial charge in [-0.2, -0.15) is 0 Å². The highest BCUT2D eigenvalue weighted by atomic mass is 13.9. The molecule has 0 radical (unpaired) electrons. The zero-order valence-corrected chi connectivity index (χ0v) is 5.91. The highest BCUT2D eigenvalue weighted by Crippen LogP contribution is 2.18. The van der Waals surface area contributed by atoms with E-state index in [0.717, 1.165) is 0 Å². The Kier molecular flexibility index (Phi) is 2.49. The van der Waals surface area contributed by atoms with Crippen molar-refractivity contribution < 1.29 is 0 Å². The first-order chi connectivity index (χ1) is 3.06. The van der Waals surface area contributed by atoms with Crippen LogP contribution in [0.15, 0.2) is 0 Å². The zero-order chi connectivity index (χ0) is 5.91. The summed E-state index contributed by atoms with van der Waals surface area (Å²) in [4.78, 5) is 0. The van der Waals surface area contributed by atoms with Crippen molar-refractivity contribution in [2.75, 3.05) is 0 Å². The number of rotatable bonds is 1. The van der Waals surface area contributed by atoms with Crippen molar-refractivity contribution in [1.82, 2.24) is 0 Å². The lowest BCUT2D eigenvalue weighted by atomic mass is 9.31. The van der Waals surface area contributed by atoms with Gasteiger partial charge in [-0.1, -0.05) is 32.9 Å². The Labute approximate surface area is 48.2 Å². The Morgan fingerprint density at radius 3 is 1.57 bits per heavy atom. The van der Waals surface area contributed by atoms with Crippen LogP contribution >= 0.6 is 0 Å². The highest BCUT2D eigenvalue weighted by Gasteiger charge is 2.08. The molecule has 0 aromatic rings. The summed E-state index contributed by atoms with van der Waals surface area (Å²) < 4.78 is 0. The van der Waals surface area contributed by atoms with E-state index in [1.807, 2.05) is 0 Å². The molecule has 0 bridgehead atoms. The molecule has 0 amide bonds. The van der Waals surface area contributed by atoms with Gasteiger partial charge < -0.3 is 0 Å². The van der Waals surface area contributed by atoms with Crippen LogP contribution in [0.3, 0.4) is 0 Å². The maximum atomic E-state index is 2.27. The molecule has 0 rings (SSSR count). The summed E-state index contributed by atoms with van der Waals surface area (Å²) in [6.07, 6.45) is 0. The molecule has 40 valence electrons. The molecule has 0 spiro atoms. The van der Waals surface area contributed by atoms with Gasteiger partial charge in [-0.25, -0.2) is 0 Å². The van der Waals surface area contributed by atoms with E-state index in [-0.39, 0.29) is 0 Å². The summed E-state index contributed by atoms with van der Waals surface area (Å²) in [6.45, 7) is 9.05. The van der Waals surface area contributed by atoms with Gasteiger partial charge in [0.25, 0.3) is 0 Å². The van der Waals surface area contributed by atoms with E-state index < -0.39 is 0 Å². The maximum absolute atomic E-state index is 2.27. The van der Waals surface area contributed by atoms with Crippen molar-refractivity contribution in [3.8, 4) is 0 Å². The van der Waals surface area contributed by atoms with Crippen LogP contribution in [0.4, 0.5) is 0 Å². The zero-order valence-electron chi connectivity index (χ0n) is 5.91. The molecule has 0 aromatic heterocycles. The number of hydrogen-bond acceptors (Lipinski definition) is 0. The van der Waals surface area contributed by atoms with Crippen LogP contribution in [0.2, 0.25) is 12.1 Å². The molecule has 0 aromatic carbocycles. The van der Waals surface area contributed by atoms with Crippen LogP contribution in [0.1, 0.15) is 20.8 Å². The van der Waals surface area contributed by atoms with Gasteiger partial charge in [0.1, 0.15) is 0 Å². The van der Waals surface area contributed by atoms with Crippen LogP contribution in [-0.4, -0.2) is 14.3 Å². The lowest BCUT2D eigenvalue weighted by Gasteiger charge is -2.13. The fraction of sp³-hybridized carbons (Fsp3) is 1.00. The van der Waals surface area contributed by atoms with Gasteiger partial charge in [0, 0.05) is 0 Å². The van der Waals surface area contributed by atoms with Gasteiger partial charge in [-0.15, -0.1) is 0 Å². The normalized spacial score (nSPS) is 10.9. The molecule has 0 fully saturated rings. The third-order valence-electron chi connectivity index (χ3n) is 1.000. The smallest absolute Gasteiger partial charge is 0.0930 e. The van der Waals surface area contributed by atoms with Crippen molar-refractivity contribution in [1.29, 1.82) is 0 Å². The Morgan fingerprint density at radius 1 is 1.14 bits per heavy atom. The van der Waals surface area contributed by atoms with Crippen LogP contribution in [0.25, 0.3) is 0 Å². The third kappa shape index (κ3) is 6.13. The van der Waals surface area contributed by atoms with Gasteiger partial charge in [-0.05, 0) is 0 Å². The summed E-state index contributed by atoms with van der Waals surface area (Å²) in [6, 6.07) is 0. The largest absolute Gasteiger partial charge is 0.0958 e. The van der Waals surface area contributed by atoms with Gasteiger partial charge in [-0.3, -0.25) is 0 Å². The van der Waals surface area contributed by atoms with Crippen molar-refractivity contribution in [3.05, 3.63) is 0 Å². The molecular formula is C5H14B2. The van der Waals surface area contributed by atoms with Crippen LogP contribution < -0.4 is 0 Å². The van der Waals surface area contributed by atoms with E-state index in [9.17, 15) is 0 Å². The SMILES string of the molecule is CBBC(C)(C)C. The molecule has 7 heavy (non-hydrogen) atoms. The minimum atomic E-state index is 0.550. The van der Waals surface area contributed by atoms with Crippen molar-refractivity contribution in [3.63, 3.8) is 0 Å². The maximum Gasteiger partial charge on any atom is 0.0930 e. The minimum absolute atomic E-state index is 0.550.